The molecule has 148 valence electrons. The van der Waals surface area contributed by atoms with E-state index >= 15 is 0 Å². The summed E-state index contributed by atoms with van der Waals surface area (Å²) in [4.78, 5) is 16.3. The van der Waals surface area contributed by atoms with Crippen molar-refractivity contribution in [1.29, 1.82) is 0 Å². The molecule has 0 radical (unpaired) electrons. The van der Waals surface area contributed by atoms with Gasteiger partial charge in [-0.05, 0) is 54.1 Å². The van der Waals surface area contributed by atoms with Crippen molar-refractivity contribution >= 4 is 17.7 Å². The maximum Gasteiger partial charge on any atom is 0.387 e. The second kappa shape index (κ2) is 9.45. The highest BCUT2D eigenvalue weighted by Gasteiger charge is 2.13. The van der Waals surface area contributed by atoms with Crippen LogP contribution in [-0.2, 0) is 4.79 Å². The zero-order chi connectivity index (χ0) is 20.6. The minimum atomic E-state index is -2.96. The molecule has 0 fully saturated rings. The molecule has 0 aliphatic carbocycles. The predicted molar refractivity (Wildman–Crippen MR) is 107 cm³/mol. The Balaban J connectivity index is 1.84. The second-order valence-corrected chi connectivity index (χ2v) is 5.90. The van der Waals surface area contributed by atoms with E-state index < -0.39 is 6.61 Å². The van der Waals surface area contributed by atoms with Crippen molar-refractivity contribution in [3.63, 3.8) is 0 Å². The number of hydrogen-bond donors (Lipinski definition) is 1. The van der Waals surface area contributed by atoms with E-state index in [9.17, 15) is 13.6 Å². The summed E-state index contributed by atoms with van der Waals surface area (Å²) in [7, 11) is 1.54. The van der Waals surface area contributed by atoms with Crippen molar-refractivity contribution in [2.24, 2.45) is 0 Å². The lowest BCUT2D eigenvalue weighted by molar-refractivity contribution is -0.111. The molecule has 0 unspecified atom stereocenters. The van der Waals surface area contributed by atoms with Gasteiger partial charge in [-0.15, -0.1) is 0 Å². The van der Waals surface area contributed by atoms with E-state index in [2.05, 4.69) is 15.0 Å². The largest absolute Gasteiger partial charge is 0.497 e. The quantitative estimate of drug-likeness (QED) is 0.571. The van der Waals surface area contributed by atoms with Crippen LogP contribution in [0.3, 0.4) is 0 Å². The summed E-state index contributed by atoms with van der Waals surface area (Å²) in [6, 6.07) is 16.7. The molecule has 0 spiro atoms. The first-order valence-electron chi connectivity index (χ1n) is 8.68. The molecule has 0 aliphatic rings. The summed E-state index contributed by atoms with van der Waals surface area (Å²) in [6.45, 7) is -2.96. The molecule has 5 nitrogen and oxygen atoms in total. The zero-order valence-electron chi connectivity index (χ0n) is 15.5. The third kappa shape index (κ3) is 5.62. The van der Waals surface area contributed by atoms with Gasteiger partial charge < -0.3 is 14.8 Å². The molecule has 0 aliphatic heterocycles. The molecule has 1 aromatic heterocycles. The van der Waals surface area contributed by atoms with E-state index in [1.165, 1.54) is 25.3 Å². The molecule has 0 atom stereocenters. The third-order valence-corrected chi connectivity index (χ3v) is 3.96. The summed E-state index contributed by atoms with van der Waals surface area (Å²) in [6.07, 6.45) is 4.55. The topological polar surface area (TPSA) is 60.5 Å². The fourth-order valence-corrected chi connectivity index (χ4v) is 2.62. The maximum atomic E-state index is 12.8. The van der Waals surface area contributed by atoms with E-state index in [0.29, 0.717) is 28.3 Å². The Kier molecular flexibility index (Phi) is 6.52. The first-order chi connectivity index (χ1) is 14.0. The van der Waals surface area contributed by atoms with Crippen molar-refractivity contribution in [2.45, 2.75) is 6.61 Å². The van der Waals surface area contributed by atoms with Crippen LogP contribution in [0.2, 0.25) is 0 Å². The number of benzene rings is 2. The van der Waals surface area contributed by atoms with Crippen molar-refractivity contribution in [3.8, 4) is 22.6 Å². The van der Waals surface area contributed by atoms with Crippen LogP contribution in [0.25, 0.3) is 17.2 Å². The molecule has 1 N–H and O–H groups in total. The van der Waals surface area contributed by atoms with E-state index in [4.69, 9.17) is 4.74 Å². The van der Waals surface area contributed by atoms with Crippen LogP contribution >= 0.6 is 0 Å². The number of alkyl halides is 2. The van der Waals surface area contributed by atoms with Gasteiger partial charge in [0.1, 0.15) is 11.5 Å². The van der Waals surface area contributed by atoms with Gasteiger partial charge in [0.15, 0.2) is 0 Å². The van der Waals surface area contributed by atoms with Gasteiger partial charge in [-0.2, -0.15) is 8.78 Å². The number of amides is 1. The fraction of sp³-hybridized carbons (Fsp3) is 0.0909. The van der Waals surface area contributed by atoms with Gasteiger partial charge in [-0.1, -0.05) is 18.2 Å². The highest BCUT2D eigenvalue weighted by molar-refractivity contribution is 6.02. The Hall–Kier alpha value is -3.74. The monoisotopic (exact) mass is 396 g/mol. The summed E-state index contributed by atoms with van der Waals surface area (Å²) < 4.78 is 35.3. The number of anilines is 1. The molecular weight excluding hydrogens is 378 g/mol. The van der Waals surface area contributed by atoms with Gasteiger partial charge in [0, 0.05) is 23.5 Å². The third-order valence-electron chi connectivity index (χ3n) is 3.96. The Bertz CT molecular complexity index is 991. The fourth-order valence-electron chi connectivity index (χ4n) is 2.62. The molecular formula is C22H18F2N2O3. The van der Waals surface area contributed by atoms with E-state index in [1.807, 2.05) is 6.07 Å². The second-order valence-electron chi connectivity index (χ2n) is 5.90. The number of halogens is 2. The highest BCUT2D eigenvalue weighted by atomic mass is 19.3. The smallest absolute Gasteiger partial charge is 0.387 e. The Morgan fingerprint density at radius 3 is 2.55 bits per heavy atom. The highest BCUT2D eigenvalue weighted by Crippen LogP contribution is 2.34. The summed E-state index contributed by atoms with van der Waals surface area (Å²) in [5.74, 6) is 0.264. The standard InChI is InChI=1S/C22H18F2N2O3/c1-28-18-9-5-15(6-10-18)19-14-17(7-11-20(19)29-22(23)24)26-21(27)12-8-16-4-2-3-13-25-16/h2-14,22H,1H3,(H,26,27)/b12-8+. The average Bonchev–Trinajstić information content (AvgIpc) is 2.74. The summed E-state index contributed by atoms with van der Waals surface area (Å²) >= 11 is 0. The molecule has 7 heteroatoms. The van der Waals surface area contributed by atoms with Gasteiger partial charge in [0.05, 0.1) is 12.8 Å². The lowest BCUT2D eigenvalue weighted by Gasteiger charge is -2.13. The van der Waals surface area contributed by atoms with Crippen molar-refractivity contribution in [2.75, 3.05) is 12.4 Å². The SMILES string of the molecule is COc1ccc(-c2cc(NC(=O)/C=C/c3ccccn3)ccc2OC(F)F)cc1. The average molecular weight is 396 g/mol. The van der Waals surface area contributed by atoms with E-state index in [0.717, 1.165) is 0 Å². The van der Waals surface area contributed by atoms with Gasteiger partial charge in [0.2, 0.25) is 5.91 Å². The van der Waals surface area contributed by atoms with Crippen LogP contribution in [0.5, 0.6) is 11.5 Å². The minimum absolute atomic E-state index is 0.00666. The molecule has 0 saturated heterocycles. The maximum absolute atomic E-state index is 12.8. The molecule has 3 rings (SSSR count). The number of aromatic nitrogens is 1. The number of methoxy groups -OCH3 is 1. The number of ether oxygens (including phenoxy) is 2. The molecule has 29 heavy (non-hydrogen) atoms. The first kappa shape index (κ1) is 20.0. The number of nitrogens with zero attached hydrogens (tertiary/aromatic N) is 1. The van der Waals surface area contributed by atoms with Gasteiger partial charge in [0.25, 0.3) is 0 Å². The van der Waals surface area contributed by atoms with Crippen LogP contribution in [0.15, 0.2) is 72.9 Å². The number of rotatable bonds is 7. The summed E-state index contributed by atoms with van der Waals surface area (Å²) in [5.41, 5.74) is 2.14. The normalized spacial score (nSPS) is 10.9. The van der Waals surface area contributed by atoms with Crippen LogP contribution in [0.4, 0.5) is 14.5 Å². The van der Waals surface area contributed by atoms with Gasteiger partial charge >= 0.3 is 6.61 Å². The molecule has 0 saturated carbocycles. The number of pyridine rings is 1. The van der Waals surface area contributed by atoms with Crippen LogP contribution in [0, 0.1) is 0 Å². The molecule has 2 aromatic carbocycles. The van der Waals surface area contributed by atoms with Crippen LogP contribution in [0.1, 0.15) is 5.69 Å². The number of carbonyl (C=O) groups excluding carboxylic acids is 1. The number of nitrogens with one attached hydrogen (secondary N) is 1. The Labute approximate surface area is 166 Å². The molecule has 1 amide bonds. The van der Waals surface area contributed by atoms with Crippen molar-refractivity contribution < 1.29 is 23.0 Å². The molecule has 1 heterocycles. The molecule has 0 bridgehead atoms. The minimum Gasteiger partial charge on any atom is -0.497 e. The van der Waals surface area contributed by atoms with Gasteiger partial charge in [-0.3, -0.25) is 9.78 Å². The van der Waals surface area contributed by atoms with Crippen LogP contribution in [-0.4, -0.2) is 24.6 Å². The number of carbonyl (C=O) groups is 1. The number of hydrogen-bond acceptors (Lipinski definition) is 4. The van der Waals surface area contributed by atoms with Crippen LogP contribution < -0.4 is 14.8 Å². The Morgan fingerprint density at radius 1 is 1.10 bits per heavy atom. The zero-order valence-corrected chi connectivity index (χ0v) is 15.5. The Morgan fingerprint density at radius 2 is 1.90 bits per heavy atom. The van der Waals surface area contributed by atoms with E-state index in [1.54, 1.807) is 54.7 Å². The molecule has 3 aromatic rings. The van der Waals surface area contributed by atoms with Crippen molar-refractivity contribution in [3.05, 3.63) is 78.6 Å². The van der Waals surface area contributed by atoms with E-state index in [-0.39, 0.29) is 11.7 Å². The lowest BCUT2D eigenvalue weighted by Crippen LogP contribution is -2.09. The predicted octanol–water partition coefficient (Wildman–Crippen LogP) is 5.01. The van der Waals surface area contributed by atoms with Gasteiger partial charge in [-0.25, -0.2) is 0 Å². The summed E-state index contributed by atoms with van der Waals surface area (Å²) in [5, 5.41) is 2.70. The first-order valence-corrected chi connectivity index (χ1v) is 8.68. The lowest BCUT2D eigenvalue weighted by atomic mass is 10.0. The van der Waals surface area contributed by atoms with Crippen molar-refractivity contribution in [1.82, 2.24) is 4.98 Å².